The van der Waals surface area contributed by atoms with Crippen LogP contribution >= 0.6 is 0 Å². The molecule has 2 rings (SSSR count). The van der Waals surface area contributed by atoms with Crippen molar-refractivity contribution in [1.29, 1.82) is 0 Å². The maximum atomic E-state index is 12.6. The van der Waals surface area contributed by atoms with Gasteiger partial charge in [-0.2, -0.15) is 0 Å². The van der Waals surface area contributed by atoms with E-state index >= 15 is 0 Å². The van der Waals surface area contributed by atoms with Gasteiger partial charge in [-0.05, 0) is 38.4 Å². The Morgan fingerprint density at radius 3 is 2.71 bits per heavy atom. The Hall–Kier alpha value is -1.39. The third kappa shape index (κ3) is 4.05. The highest BCUT2D eigenvalue weighted by Crippen LogP contribution is 2.28. The van der Waals surface area contributed by atoms with Crippen molar-refractivity contribution in [2.75, 3.05) is 37.7 Å². The predicted molar refractivity (Wildman–Crippen MR) is 85.3 cm³/mol. The SMILES string of the molecule is CCN(C(=O)CN1CCCC(C)(CO)C1)c1ccccc1. The molecule has 1 aromatic rings. The zero-order chi connectivity index (χ0) is 15.3. The number of carbonyl (C=O) groups is 1. The van der Waals surface area contributed by atoms with E-state index in [0.717, 1.165) is 31.6 Å². The Morgan fingerprint density at radius 2 is 2.10 bits per heavy atom. The number of hydrogen-bond acceptors (Lipinski definition) is 3. The second kappa shape index (κ2) is 7.05. The standard InChI is InChI=1S/C17H26N2O2/c1-3-19(15-8-5-4-6-9-15)16(21)12-18-11-7-10-17(2,13-18)14-20/h4-6,8-9,20H,3,7,10-14H2,1-2H3. The topological polar surface area (TPSA) is 43.8 Å². The number of aliphatic hydroxyl groups excluding tert-OH is 1. The van der Waals surface area contributed by atoms with Gasteiger partial charge in [-0.15, -0.1) is 0 Å². The van der Waals surface area contributed by atoms with Crippen LogP contribution in [0.15, 0.2) is 30.3 Å². The molecule has 1 aliphatic heterocycles. The first-order chi connectivity index (χ1) is 10.1. The third-order valence-electron chi connectivity index (χ3n) is 4.29. The van der Waals surface area contributed by atoms with Crippen LogP contribution < -0.4 is 4.90 Å². The summed E-state index contributed by atoms with van der Waals surface area (Å²) in [6.07, 6.45) is 2.08. The highest BCUT2D eigenvalue weighted by atomic mass is 16.3. The second-order valence-electron chi connectivity index (χ2n) is 6.26. The molecule has 116 valence electrons. The van der Waals surface area contributed by atoms with Crippen molar-refractivity contribution in [3.63, 3.8) is 0 Å². The fourth-order valence-corrected chi connectivity index (χ4v) is 3.08. The molecule has 1 heterocycles. The van der Waals surface area contributed by atoms with E-state index in [0.29, 0.717) is 13.1 Å². The van der Waals surface area contributed by atoms with Gasteiger partial charge in [0.05, 0.1) is 6.54 Å². The minimum absolute atomic E-state index is 0.0671. The van der Waals surface area contributed by atoms with Crippen LogP contribution in [0.1, 0.15) is 26.7 Å². The number of para-hydroxylation sites is 1. The Kier molecular flexibility index (Phi) is 5.37. The third-order valence-corrected chi connectivity index (χ3v) is 4.29. The van der Waals surface area contributed by atoms with Gasteiger partial charge in [-0.3, -0.25) is 9.69 Å². The smallest absolute Gasteiger partial charge is 0.241 e. The predicted octanol–water partition coefficient (Wildman–Crippen LogP) is 2.13. The number of amides is 1. The van der Waals surface area contributed by atoms with Crippen molar-refractivity contribution >= 4 is 11.6 Å². The van der Waals surface area contributed by atoms with Gasteiger partial charge in [-0.25, -0.2) is 0 Å². The molecular formula is C17H26N2O2. The normalized spacial score (nSPS) is 23.0. The number of anilines is 1. The monoisotopic (exact) mass is 290 g/mol. The van der Waals surface area contributed by atoms with Crippen molar-refractivity contribution in [3.8, 4) is 0 Å². The van der Waals surface area contributed by atoms with Crippen LogP contribution in [0.3, 0.4) is 0 Å². The lowest BCUT2D eigenvalue weighted by Gasteiger charge is -2.39. The zero-order valence-electron chi connectivity index (χ0n) is 13.1. The van der Waals surface area contributed by atoms with E-state index in [1.54, 1.807) is 0 Å². The van der Waals surface area contributed by atoms with E-state index in [1.165, 1.54) is 0 Å². The quantitative estimate of drug-likeness (QED) is 0.903. The summed E-state index contributed by atoms with van der Waals surface area (Å²) >= 11 is 0. The summed E-state index contributed by atoms with van der Waals surface area (Å²) in [7, 11) is 0. The maximum absolute atomic E-state index is 12.6. The molecule has 1 unspecified atom stereocenters. The first-order valence-corrected chi connectivity index (χ1v) is 7.76. The number of nitrogens with zero attached hydrogens (tertiary/aromatic N) is 2. The average molecular weight is 290 g/mol. The second-order valence-corrected chi connectivity index (χ2v) is 6.26. The lowest BCUT2D eigenvalue weighted by atomic mass is 9.83. The molecular weight excluding hydrogens is 264 g/mol. The van der Waals surface area contributed by atoms with Crippen molar-refractivity contribution in [2.24, 2.45) is 5.41 Å². The Labute approximate surface area is 127 Å². The number of rotatable bonds is 5. The Balaban J connectivity index is 2.00. The summed E-state index contributed by atoms with van der Waals surface area (Å²) in [5.41, 5.74) is 0.884. The molecule has 1 saturated heterocycles. The minimum Gasteiger partial charge on any atom is -0.396 e. The lowest BCUT2D eigenvalue weighted by molar-refractivity contribution is -0.120. The van der Waals surface area contributed by atoms with E-state index in [2.05, 4.69) is 11.8 Å². The fourth-order valence-electron chi connectivity index (χ4n) is 3.08. The molecule has 1 aliphatic rings. The fraction of sp³-hybridized carbons (Fsp3) is 0.588. The molecule has 0 spiro atoms. The van der Waals surface area contributed by atoms with Crippen LogP contribution in [0.4, 0.5) is 5.69 Å². The highest BCUT2D eigenvalue weighted by molar-refractivity contribution is 5.94. The molecule has 21 heavy (non-hydrogen) atoms. The van der Waals surface area contributed by atoms with Crippen LogP contribution in [0.25, 0.3) is 0 Å². The van der Waals surface area contributed by atoms with Crippen molar-refractivity contribution in [1.82, 2.24) is 4.90 Å². The minimum atomic E-state index is -0.0671. The van der Waals surface area contributed by atoms with Crippen molar-refractivity contribution in [2.45, 2.75) is 26.7 Å². The van der Waals surface area contributed by atoms with Gasteiger partial charge in [0.2, 0.25) is 5.91 Å². The molecule has 1 amide bonds. The zero-order valence-corrected chi connectivity index (χ0v) is 13.1. The molecule has 1 N–H and O–H groups in total. The van der Waals surface area contributed by atoms with E-state index in [1.807, 2.05) is 42.2 Å². The van der Waals surface area contributed by atoms with Crippen molar-refractivity contribution in [3.05, 3.63) is 30.3 Å². The van der Waals surface area contributed by atoms with Gasteiger partial charge < -0.3 is 10.0 Å². The van der Waals surface area contributed by atoms with E-state index in [-0.39, 0.29) is 17.9 Å². The van der Waals surface area contributed by atoms with E-state index in [4.69, 9.17) is 0 Å². The summed E-state index contributed by atoms with van der Waals surface area (Å²) in [5, 5.41) is 9.51. The lowest BCUT2D eigenvalue weighted by Crippen LogP contribution is -2.48. The van der Waals surface area contributed by atoms with Gasteiger partial charge >= 0.3 is 0 Å². The summed E-state index contributed by atoms with van der Waals surface area (Å²) < 4.78 is 0. The number of aliphatic hydroxyl groups is 1. The molecule has 1 atom stereocenters. The van der Waals surface area contributed by atoms with Crippen LogP contribution in [-0.2, 0) is 4.79 Å². The number of benzene rings is 1. The Morgan fingerprint density at radius 1 is 1.38 bits per heavy atom. The van der Waals surface area contributed by atoms with Crippen LogP contribution in [0.5, 0.6) is 0 Å². The molecule has 4 heteroatoms. The van der Waals surface area contributed by atoms with Crippen molar-refractivity contribution < 1.29 is 9.90 Å². The highest BCUT2D eigenvalue weighted by Gasteiger charge is 2.31. The maximum Gasteiger partial charge on any atom is 0.241 e. The number of likely N-dealkylation sites (tertiary alicyclic amines) is 1. The number of likely N-dealkylation sites (N-methyl/N-ethyl adjacent to an activating group) is 1. The summed E-state index contributed by atoms with van der Waals surface area (Å²) in [5.74, 6) is 0.130. The number of hydrogen-bond donors (Lipinski definition) is 1. The van der Waals surface area contributed by atoms with Crippen LogP contribution in [-0.4, -0.2) is 48.7 Å². The van der Waals surface area contributed by atoms with E-state index in [9.17, 15) is 9.90 Å². The molecule has 0 aliphatic carbocycles. The molecule has 0 radical (unpaired) electrons. The molecule has 1 aromatic carbocycles. The summed E-state index contributed by atoms with van der Waals surface area (Å²) in [4.78, 5) is 16.6. The van der Waals surface area contributed by atoms with Gasteiger partial charge in [0.15, 0.2) is 0 Å². The van der Waals surface area contributed by atoms with Gasteiger partial charge in [-0.1, -0.05) is 25.1 Å². The molecule has 0 saturated carbocycles. The van der Waals surface area contributed by atoms with Crippen LogP contribution in [0, 0.1) is 5.41 Å². The summed E-state index contributed by atoms with van der Waals surface area (Å²) in [6.45, 7) is 7.12. The molecule has 0 bridgehead atoms. The van der Waals surface area contributed by atoms with Gasteiger partial charge in [0, 0.05) is 30.8 Å². The number of piperidine rings is 1. The summed E-state index contributed by atoms with van der Waals surface area (Å²) in [6, 6.07) is 9.80. The molecule has 1 fully saturated rings. The van der Waals surface area contributed by atoms with Crippen LogP contribution in [0.2, 0.25) is 0 Å². The first kappa shape index (κ1) is 16.0. The molecule has 4 nitrogen and oxygen atoms in total. The Bertz CT molecular complexity index is 463. The average Bonchev–Trinajstić information content (AvgIpc) is 2.49. The number of carbonyl (C=O) groups excluding carboxylic acids is 1. The van der Waals surface area contributed by atoms with Gasteiger partial charge in [0.1, 0.15) is 0 Å². The van der Waals surface area contributed by atoms with E-state index < -0.39 is 0 Å². The largest absolute Gasteiger partial charge is 0.396 e. The van der Waals surface area contributed by atoms with Gasteiger partial charge in [0.25, 0.3) is 0 Å². The first-order valence-electron chi connectivity index (χ1n) is 7.76. The molecule has 0 aromatic heterocycles.